The molecule has 3 aromatic carbocycles. The second kappa shape index (κ2) is 5.04. The Labute approximate surface area is 128 Å². The normalized spacial score (nSPS) is 10.9. The topological polar surface area (TPSA) is 38.1 Å². The maximum Gasteiger partial charge on any atom is 0.178 e. The van der Waals surface area contributed by atoms with Crippen molar-refractivity contribution in [3.05, 3.63) is 66.7 Å². The minimum absolute atomic E-state index is 0.565. The summed E-state index contributed by atoms with van der Waals surface area (Å²) in [5.41, 5.74) is 3.48. The molecule has 0 bridgehead atoms. The highest BCUT2D eigenvalue weighted by molar-refractivity contribution is 6.04. The lowest BCUT2D eigenvalue weighted by Gasteiger charge is -2.08. The van der Waals surface area contributed by atoms with E-state index < -0.39 is 0 Å². The average molecular weight is 283 g/mol. The molecule has 0 atom stereocenters. The molecule has 22 heavy (non-hydrogen) atoms. The van der Waals surface area contributed by atoms with Crippen LogP contribution in [0.3, 0.4) is 0 Å². The number of nitrogens with zero attached hydrogens (tertiary/aromatic N) is 3. The van der Waals surface area contributed by atoms with Crippen LogP contribution in [0.25, 0.3) is 33.1 Å². The van der Waals surface area contributed by atoms with E-state index in [0.29, 0.717) is 5.82 Å². The van der Waals surface area contributed by atoms with Crippen LogP contribution >= 0.6 is 0 Å². The molecule has 0 fully saturated rings. The largest absolute Gasteiger partial charge is 0.243 e. The lowest BCUT2D eigenvalue weighted by atomic mass is 10.1. The van der Waals surface area contributed by atoms with Crippen molar-refractivity contribution in [1.82, 2.24) is 9.97 Å². The van der Waals surface area contributed by atoms with Crippen molar-refractivity contribution in [1.29, 1.82) is 0 Å². The predicted octanol–water partition coefficient (Wildman–Crippen LogP) is 4.78. The molecule has 0 N–H and O–H groups in total. The van der Waals surface area contributed by atoms with Crippen LogP contribution in [0.2, 0.25) is 0 Å². The summed E-state index contributed by atoms with van der Waals surface area (Å²) in [6.07, 6.45) is 0. The number of fused-ring (bicyclic) bond motifs is 3. The van der Waals surface area contributed by atoms with Gasteiger partial charge in [-0.3, -0.25) is 0 Å². The molecule has 0 unspecified atom stereocenters. The number of hydrogen-bond donors (Lipinski definition) is 0. The van der Waals surface area contributed by atoms with Crippen molar-refractivity contribution in [2.75, 3.05) is 0 Å². The number of rotatable bonds is 2. The average Bonchev–Trinajstić information content (AvgIpc) is 2.61. The van der Waals surface area contributed by atoms with Crippen molar-refractivity contribution in [2.45, 2.75) is 0 Å². The summed E-state index contributed by atoms with van der Waals surface area (Å²) < 4.78 is 0. The number of benzene rings is 3. The van der Waals surface area contributed by atoms with Crippen LogP contribution in [-0.4, -0.2) is 16.7 Å². The highest BCUT2D eigenvalue weighted by Gasteiger charge is 2.11. The summed E-state index contributed by atoms with van der Waals surface area (Å²) in [4.78, 5) is 13.6. The molecule has 0 aliphatic rings. The Hall–Kier alpha value is -3.07. The Balaban J connectivity index is 2.08. The fourth-order valence-corrected chi connectivity index (χ4v) is 2.68. The second-order valence-electron chi connectivity index (χ2n) is 5.07. The summed E-state index contributed by atoms with van der Waals surface area (Å²) in [5, 5.41) is 2.23. The lowest BCUT2D eigenvalue weighted by molar-refractivity contribution is 1.27. The molecule has 0 saturated carbocycles. The summed E-state index contributed by atoms with van der Waals surface area (Å²) in [6, 6.07) is 22.2. The minimum atomic E-state index is 0.565. The van der Waals surface area contributed by atoms with Crippen molar-refractivity contribution < 1.29 is 0 Å². The zero-order chi connectivity index (χ0) is 14.9. The third kappa shape index (κ3) is 1.95. The zero-order valence-corrected chi connectivity index (χ0v) is 11.9. The van der Waals surface area contributed by atoms with Crippen LogP contribution in [0.15, 0.2) is 71.7 Å². The molecule has 1 aromatic heterocycles. The molecule has 3 nitrogen and oxygen atoms in total. The van der Waals surface area contributed by atoms with Crippen LogP contribution in [0.4, 0.5) is 5.82 Å². The first-order valence-corrected chi connectivity index (χ1v) is 7.08. The van der Waals surface area contributed by atoms with E-state index >= 15 is 0 Å². The van der Waals surface area contributed by atoms with Crippen LogP contribution in [-0.2, 0) is 0 Å². The third-order valence-corrected chi connectivity index (χ3v) is 3.74. The van der Waals surface area contributed by atoms with Gasteiger partial charge >= 0.3 is 0 Å². The van der Waals surface area contributed by atoms with Gasteiger partial charge < -0.3 is 0 Å². The SMILES string of the molecule is C=Nc1nc2c(ccc3ccccc32)nc1-c1ccccc1. The summed E-state index contributed by atoms with van der Waals surface area (Å²) >= 11 is 0. The second-order valence-corrected chi connectivity index (χ2v) is 5.07. The van der Waals surface area contributed by atoms with E-state index in [1.165, 1.54) is 0 Å². The summed E-state index contributed by atoms with van der Waals surface area (Å²) in [5.74, 6) is 0.565. The van der Waals surface area contributed by atoms with Gasteiger partial charge in [-0.1, -0.05) is 60.7 Å². The first-order valence-electron chi connectivity index (χ1n) is 7.08. The summed E-state index contributed by atoms with van der Waals surface area (Å²) in [6.45, 7) is 3.65. The highest BCUT2D eigenvalue weighted by atomic mass is 15.0. The molecule has 0 saturated heterocycles. The standard InChI is InChI=1S/C19H13N3/c1-20-19-17(14-8-3-2-4-9-14)21-16-12-11-13-7-5-6-10-15(13)18(16)22-19/h2-12H,1H2. The minimum Gasteiger partial charge on any atom is -0.243 e. The van der Waals surface area contributed by atoms with Crippen LogP contribution in [0, 0.1) is 0 Å². The molecule has 0 amide bonds. The Kier molecular flexibility index (Phi) is 2.90. The van der Waals surface area contributed by atoms with Crippen molar-refractivity contribution in [3.63, 3.8) is 0 Å². The first kappa shape index (κ1) is 12.7. The van der Waals surface area contributed by atoms with Gasteiger partial charge in [-0.25, -0.2) is 15.0 Å². The van der Waals surface area contributed by atoms with Crippen molar-refractivity contribution in [3.8, 4) is 11.3 Å². The van der Waals surface area contributed by atoms with Crippen molar-refractivity contribution in [2.24, 2.45) is 4.99 Å². The molecule has 0 aliphatic heterocycles. The summed E-state index contributed by atoms with van der Waals surface area (Å²) in [7, 11) is 0. The molecule has 0 spiro atoms. The molecule has 3 heteroatoms. The van der Waals surface area contributed by atoms with Gasteiger partial charge in [0.1, 0.15) is 5.69 Å². The fourth-order valence-electron chi connectivity index (χ4n) is 2.68. The lowest BCUT2D eigenvalue weighted by Crippen LogP contribution is -1.91. The molecule has 4 rings (SSSR count). The zero-order valence-electron chi connectivity index (χ0n) is 11.9. The van der Waals surface area contributed by atoms with E-state index in [-0.39, 0.29) is 0 Å². The van der Waals surface area contributed by atoms with Gasteiger partial charge in [0, 0.05) is 10.9 Å². The number of aromatic nitrogens is 2. The van der Waals surface area contributed by atoms with E-state index in [4.69, 9.17) is 9.97 Å². The molecular formula is C19H13N3. The van der Waals surface area contributed by atoms with Gasteiger partial charge in [-0.2, -0.15) is 0 Å². The Morgan fingerprint density at radius 1 is 0.773 bits per heavy atom. The quantitative estimate of drug-likeness (QED) is 0.392. The van der Waals surface area contributed by atoms with E-state index in [2.05, 4.69) is 29.9 Å². The van der Waals surface area contributed by atoms with E-state index in [1.54, 1.807) is 0 Å². The van der Waals surface area contributed by atoms with Gasteiger partial charge in [-0.15, -0.1) is 0 Å². The molecule has 4 aromatic rings. The van der Waals surface area contributed by atoms with E-state index in [9.17, 15) is 0 Å². The first-order chi connectivity index (χ1) is 10.9. The monoisotopic (exact) mass is 283 g/mol. The van der Waals surface area contributed by atoms with Gasteiger partial charge in [0.2, 0.25) is 0 Å². The molecule has 1 heterocycles. The van der Waals surface area contributed by atoms with Gasteiger partial charge in [0.25, 0.3) is 0 Å². The Morgan fingerprint density at radius 3 is 2.36 bits per heavy atom. The molecule has 0 aliphatic carbocycles. The maximum absolute atomic E-state index is 4.77. The molecule has 104 valence electrons. The van der Waals surface area contributed by atoms with Gasteiger partial charge in [0.05, 0.1) is 11.0 Å². The number of hydrogen-bond acceptors (Lipinski definition) is 3. The molecular weight excluding hydrogens is 270 g/mol. The third-order valence-electron chi connectivity index (χ3n) is 3.74. The maximum atomic E-state index is 4.77. The van der Waals surface area contributed by atoms with Crippen LogP contribution in [0.1, 0.15) is 0 Å². The van der Waals surface area contributed by atoms with E-state index in [1.807, 2.05) is 48.5 Å². The van der Waals surface area contributed by atoms with E-state index in [0.717, 1.165) is 33.1 Å². The highest BCUT2D eigenvalue weighted by Crippen LogP contribution is 2.31. The smallest absolute Gasteiger partial charge is 0.178 e. The van der Waals surface area contributed by atoms with Crippen molar-refractivity contribution >= 4 is 34.3 Å². The Morgan fingerprint density at radius 2 is 1.55 bits per heavy atom. The van der Waals surface area contributed by atoms with Gasteiger partial charge in [0.15, 0.2) is 5.82 Å². The van der Waals surface area contributed by atoms with Crippen LogP contribution < -0.4 is 0 Å². The fraction of sp³-hybridized carbons (Fsp3) is 0. The predicted molar refractivity (Wildman–Crippen MR) is 91.7 cm³/mol. The Bertz CT molecular complexity index is 991. The van der Waals surface area contributed by atoms with Gasteiger partial charge in [-0.05, 0) is 18.2 Å². The number of aliphatic imine (C=N–C) groups is 1. The molecule has 0 radical (unpaired) electrons. The van der Waals surface area contributed by atoms with Crippen LogP contribution in [0.5, 0.6) is 0 Å².